The molecule has 2 aliphatic rings. The third-order valence-electron chi connectivity index (χ3n) is 4.50. The summed E-state index contributed by atoms with van der Waals surface area (Å²) >= 11 is 1.53. The summed E-state index contributed by atoms with van der Waals surface area (Å²) < 4.78 is 3.94. The largest absolute Gasteiger partial charge is 0.358 e. The van der Waals surface area contributed by atoms with Gasteiger partial charge in [0.25, 0.3) is 0 Å². The van der Waals surface area contributed by atoms with Crippen molar-refractivity contribution < 1.29 is 20.9 Å². The average molecular weight is 387 g/mol. The minimum Gasteiger partial charge on any atom is -0.358 e. The fraction of sp³-hybridized carbons (Fsp3) is 0.850. The Hall–Kier alpha value is 0.540. The van der Waals surface area contributed by atoms with Crippen LogP contribution in [0, 0.1) is 32.1 Å². The Morgan fingerprint density at radius 1 is 0.864 bits per heavy atom. The molecule has 0 amide bonds. The van der Waals surface area contributed by atoms with E-state index in [1.54, 1.807) is 0 Å². The Bertz CT molecular complexity index is 198. The predicted molar refractivity (Wildman–Crippen MR) is 97.1 cm³/mol. The molecule has 0 aliphatic heterocycles. The number of hydrogen-bond acceptors (Lipinski definition) is 1. The van der Waals surface area contributed by atoms with Gasteiger partial charge in [0, 0.05) is 0 Å². The van der Waals surface area contributed by atoms with Crippen LogP contribution in [0.1, 0.15) is 91.9 Å². The summed E-state index contributed by atoms with van der Waals surface area (Å²) in [4.78, 5) is 0. The minimum absolute atomic E-state index is 0. The molecule has 0 aromatic rings. The zero-order valence-corrected chi connectivity index (χ0v) is 18.1. The maximum atomic E-state index is 3.94. The van der Waals surface area contributed by atoms with Crippen molar-refractivity contribution >= 4 is 0 Å². The second-order valence-corrected chi connectivity index (χ2v) is 7.21. The number of rotatable bonds is 3. The van der Waals surface area contributed by atoms with E-state index in [-0.39, 0.29) is 7.43 Å². The van der Waals surface area contributed by atoms with Crippen LogP contribution in [0.3, 0.4) is 0 Å². The molecule has 0 N–H and O–H groups in total. The fourth-order valence-corrected chi connectivity index (χ4v) is 2.81. The van der Waals surface area contributed by atoms with Crippen molar-refractivity contribution in [1.82, 2.24) is 0 Å². The Labute approximate surface area is 154 Å². The van der Waals surface area contributed by atoms with Crippen molar-refractivity contribution in [1.29, 1.82) is 0 Å². The summed E-state index contributed by atoms with van der Waals surface area (Å²) in [5.74, 6) is 2.11. The molecular formula is C20H40NNb-3. The van der Waals surface area contributed by atoms with Gasteiger partial charge in [0.2, 0.25) is 0 Å². The van der Waals surface area contributed by atoms with E-state index in [9.17, 15) is 0 Å². The molecule has 0 atom stereocenters. The van der Waals surface area contributed by atoms with Crippen molar-refractivity contribution in [2.24, 2.45) is 15.2 Å². The molecule has 1 nitrogen and oxygen atoms in total. The molecule has 0 aromatic heterocycles. The Morgan fingerprint density at radius 2 is 1.14 bits per heavy atom. The quantitative estimate of drug-likeness (QED) is 0.360. The number of hydrogen-bond donors (Lipinski definition) is 0. The number of nitrogens with zero attached hydrogens (tertiary/aromatic N) is 1. The normalized spacial score (nSPS) is 19.1. The van der Waals surface area contributed by atoms with Crippen molar-refractivity contribution in [2.75, 3.05) is 0 Å². The average Bonchev–Trinajstić information content (AvgIpc) is 2.57. The van der Waals surface area contributed by atoms with Crippen LogP contribution in [0.25, 0.3) is 0 Å². The van der Waals surface area contributed by atoms with Gasteiger partial charge in [-0.1, -0.05) is 52.4 Å². The molecule has 0 bridgehead atoms. The fourth-order valence-electron chi connectivity index (χ4n) is 2.81. The summed E-state index contributed by atoms with van der Waals surface area (Å²) in [7, 11) is 0. The molecule has 2 heteroatoms. The van der Waals surface area contributed by atoms with Crippen LogP contribution >= 0.6 is 0 Å². The minimum atomic E-state index is 0. The smallest absolute Gasteiger partial charge is 0.0465 e. The Kier molecular flexibility index (Phi) is 20.2. The predicted octanol–water partition coefficient (Wildman–Crippen LogP) is 7.16. The van der Waals surface area contributed by atoms with Crippen molar-refractivity contribution in [3.8, 4) is 0 Å². The molecule has 0 radical (unpaired) electrons. The van der Waals surface area contributed by atoms with E-state index in [2.05, 4.69) is 43.9 Å². The molecular weight excluding hydrogens is 347 g/mol. The van der Waals surface area contributed by atoms with Crippen LogP contribution in [0.2, 0.25) is 0 Å². The summed E-state index contributed by atoms with van der Waals surface area (Å²) in [5, 5.41) is 0. The molecule has 2 aliphatic carbocycles. The molecule has 2 saturated carbocycles. The van der Waals surface area contributed by atoms with Gasteiger partial charge in [0.1, 0.15) is 0 Å². The SMILES string of the molecule is CC(C)[N]=[Nb].CCC1CC[CH-]CC1.CCC1CC[CH-]CC1.[CH3-]. The van der Waals surface area contributed by atoms with Gasteiger partial charge in [-0.05, 0) is 11.8 Å². The molecule has 2 rings (SSSR count). The van der Waals surface area contributed by atoms with Gasteiger partial charge in [-0.3, -0.25) is 0 Å². The van der Waals surface area contributed by atoms with Crippen molar-refractivity contribution in [2.45, 2.75) is 97.9 Å². The van der Waals surface area contributed by atoms with Gasteiger partial charge in [0.05, 0.1) is 0 Å². The maximum Gasteiger partial charge on any atom is -0.0465 e. The van der Waals surface area contributed by atoms with Gasteiger partial charge < -0.3 is 20.3 Å². The molecule has 0 unspecified atom stereocenters. The summed E-state index contributed by atoms with van der Waals surface area (Å²) in [5.41, 5.74) is 0. The summed E-state index contributed by atoms with van der Waals surface area (Å²) in [6, 6.07) is 0.531. The van der Waals surface area contributed by atoms with E-state index in [0.29, 0.717) is 6.04 Å². The van der Waals surface area contributed by atoms with E-state index >= 15 is 0 Å². The molecule has 0 heterocycles. The summed E-state index contributed by atoms with van der Waals surface area (Å²) in [6.45, 7) is 8.74. The molecule has 2 fully saturated rings. The van der Waals surface area contributed by atoms with Crippen LogP contribution in [-0.2, 0) is 20.9 Å². The monoisotopic (exact) mass is 387 g/mol. The van der Waals surface area contributed by atoms with Crippen LogP contribution in [-0.4, -0.2) is 6.04 Å². The third kappa shape index (κ3) is 15.4. The van der Waals surface area contributed by atoms with Gasteiger partial charge in [-0.2, -0.15) is 25.7 Å². The second kappa shape index (κ2) is 17.9. The van der Waals surface area contributed by atoms with Crippen LogP contribution < -0.4 is 0 Å². The van der Waals surface area contributed by atoms with E-state index < -0.39 is 0 Å². The van der Waals surface area contributed by atoms with Gasteiger partial charge >= 0.3 is 44.1 Å². The van der Waals surface area contributed by atoms with Crippen LogP contribution in [0.5, 0.6) is 0 Å². The second-order valence-electron chi connectivity index (χ2n) is 6.64. The van der Waals surface area contributed by atoms with E-state index in [1.165, 1.54) is 85.1 Å². The molecule has 0 spiro atoms. The van der Waals surface area contributed by atoms with E-state index in [1.807, 2.05) is 0 Å². The Morgan fingerprint density at radius 3 is 1.27 bits per heavy atom. The van der Waals surface area contributed by atoms with Crippen LogP contribution in [0.4, 0.5) is 0 Å². The first-order chi connectivity index (χ1) is 10.1. The van der Waals surface area contributed by atoms with Gasteiger partial charge in [-0.15, -0.1) is 0 Å². The summed E-state index contributed by atoms with van der Waals surface area (Å²) in [6.07, 6.45) is 19.0. The van der Waals surface area contributed by atoms with E-state index in [4.69, 9.17) is 0 Å². The first-order valence-electron chi connectivity index (χ1n) is 9.11. The molecule has 22 heavy (non-hydrogen) atoms. The van der Waals surface area contributed by atoms with Gasteiger partial charge in [-0.25, -0.2) is 0 Å². The Balaban J connectivity index is 0. The van der Waals surface area contributed by atoms with Crippen LogP contribution in [0.15, 0.2) is 3.34 Å². The standard InChI is InChI=1S/2C8H15.C3H7N.CH3.Nb/c2*1-2-8-6-4-3-5-7-8;1-3(2)4;;/h2*3,8H,2,4-7H2,1H3;3H,1-2H3;1H3;/q2*-1;;-1;. The van der Waals surface area contributed by atoms with E-state index in [0.717, 1.165) is 11.8 Å². The zero-order chi connectivity index (χ0) is 15.9. The maximum absolute atomic E-state index is 3.94. The zero-order valence-electron chi connectivity index (χ0n) is 15.9. The molecule has 0 aromatic carbocycles. The van der Waals surface area contributed by atoms with Crippen molar-refractivity contribution in [3.05, 3.63) is 20.3 Å². The van der Waals surface area contributed by atoms with Crippen molar-refractivity contribution in [3.63, 3.8) is 0 Å². The third-order valence-corrected chi connectivity index (χ3v) is 5.64. The first kappa shape index (κ1) is 24.8. The molecule has 133 valence electrons. The topological polar surface area (TPSA) is 12.4 Å². The van der Waals surface area contributed by atoms with Gasteiger partial charge in [0.15, 0.2) is 0 Å². The first-order valence-corrected chi connectivity index (χ1v) is 10.1. The molecule has 0 saturated heterocycles.